The van der Waals surface area contributed by atoms with Crippen LogP contribution in [-0.2, 0) is 6.42 Å². The number of aromatic nitrogens is 3. The highest BCUT2D eigenvalue weighted by Gasteiger charge is 2.18. The molecule has 0 saturated heterocycles. The van der Waals surface area contributed by atoms with Gasteiger partial charge in [-0.15, -0.1) is 11.3 Å². The zero-order valence-corrected chi connectivity index (χ0v) is 16.1. The predicted octanol–water partition coefficient (Wildman–Crippen LogP) is 3.93. The predicted molar refractivity (Wildman–Crippen MR) is 109 cm³/mol. The molecule has 3 aromatic heterocycles. The Morgan fingerprint density at radius 3 is 2.58 bits per heavy atom. The molecule has 0 unspecified atom stereocenters. The molecule has 0 saturated carbocycles. The van der Waals surface area contributed by atoms with Crippen molar-refractivity contribution in [2.45, 2.75) is 20.3 Å². The number of fused-ring (bicyclic) bond motifs is 3. The zero-order valence-electron chi connectivity index (χ0n) is 15.3. The third-order valence-electron chi connectivity index (χ3n) is 4.54. The second-order valence-corrected chi connectivity index (χ2v) is 7.59. The molecule has 0 aliphatic heterocycles. The molecule has 0 radical (unpaired) electrons. The molecule has 3 heterocycles. The Balaban J connectivity index is 2.04. The normalized spacial score (nSPS) is 11.4. The average molecular weight is 364 g/mol. The van der Waals surface area contributed by atoms with Gasteiger partial charge in [-0.3, -0.25) is 9.36 Å². The first-order chi connectivity index (χ1) is 12.5. The third-order valence-corrected chi connectivity index (χ3v) is 5.60. The van der Waals surface area contributed by atoms with E-state index >= 15 is 0 Å². The minimum Gasteiger partial charge on any atom is -0.377 e. The Morgan fingerprint density at radius 1 is 1.19 bits per heavy atom. The van der Waals surface area contributed by atoms with Gasteiger partial charge in [-0.25, -0.2) is 9.97 Å². The maximum absolute atomic E-state index is 13.1. The molecule has 0 bridgehead atoms. The Labute approximate surface area is 155 Å². The van der Waals surface area contributed by atoms with Crippen LogP contribution >= 0.6 is 11.3 Å². The molecule has 0 N–H and O–H groups in total. The average Bonchev–Trinajstić information content (AvgIpc) is 3.01. The number of nitrogens with zero attached hydrogens (tertiary/aromatic N) is 4. The van der Waals surface area contributed by atoms with Gasteiger partial charge in [-0.2, -0.15) is 0 Å². The van der Waals surface area contributed by atoms with E-state index in [1.807, 2.05) is 45.3 Å². The molecular weight excluding hydrogens is 344 g/mol. The first-order valence-corrected chi connectivity index (χ1v) is 9.39. The highest BCUT2D eigenvalue weighted by molar-refractivity contribution is 7.25. The number of benzene rings is 1. The summed E-state index contributed by atoms with van der Waals surface area (Å²) in [4.78, 5) is 25.4. The SMILES string of the molecule is CCc1cc(N(C)C)c2c(n1)sc1c(=O)n(-c3ccc(C)cc3)cnc12. The molecule has 5 nitrogen and oxygen atoms in total. The third kappa shape index (κ3) is 2.57. The van der Waals surface area contributed by atoms with Crippen molar-refractivity contribution in [2.24, 2.45) is 0 Å². The van der Waals surface area contributed by atoms with E-state index in [0.29, 0.717) is 4.70 Å². The van der Waals surface area contributed by atoms with Gasteiger partial charge < -0.3 is 4.90 Å². The first kappa shape index (κ1) is 16.7. The minimum atomic E-state index is -0.0513. The van der Waals surface area contributed by atoms with Gasteiger partial charge in [0.15, 0.2) is 0 Å². The number of thiophene rings is 1. The van der Waals surface area contributed by atoms with Crippen molar-refractivity contribution in [3.8, 4) is 5.69 Å². The van der Waals surface area contributed by atoms with E-state index in [-0.39, 0.29) is 5.56 Å². The van der Waals surface area contributed by atoms with Crippen LogP contribution in [0, 0.1) is 6.92 Å². The van der Waals surface area contributed by atoms with Crippen LogP contribution in [0.2, 0.25) is 0 Å². The fraction of sp³-hybridized carbons (Fsp3) is 0.250. The van der Waals surface area contributed by atoms with Gasteiger partial charge in [0, 0.05) is 19.8 Å². The van der Waals surface area contributed by atoms with E-state index in [1.165, 1.54) is 11.3 Å². The standard InChI is InChI=1S/C20H20N4OS/c1-5-13-10-15(23(3)4)16-17-18(26-19(16)22-13)20(25)24(11-21-17)14-8-6-12(2)7-9-14/h6-11H,5H2,1-4H3. The number of aryl methyl sites for hydroxylation is 2. The molecule has 0 aliphatic carbocycles. The number of hydrogen-bond acceptors (Lipinski definition) is 5. The molecule has 0 fully saturated rings. The molecule has 6 heteroatoms. The van der Waals surface area contributed by atoms with Crippen LogP contribution in [0.4, 0.5) is 5.69 Å². The highest BCUT2D eigenvalue weighted by Crippen LogP contribution is 2.36. The van der Waals surface area contributed by atoms with Crippen molar-refractivity contribution in [1.82, 2.24) is 14.5 Å². The smallest absolute Gasteiger partial charge is 0.275 e. The molecule has 1 aromatic carbocycles. The lowest BCUT2D eigenvalue weighted by atomic mass is 10.2. The summed E-state index contributed by atoms with van der Waals surface area (Å²) in [6, 6.07) is 9.96. The van der Waals surface area contributed by atoms with E-state index in [1.54, 1.807) is 10.9 Å². The van der Waals surface area contributed by atoms with Crippen LogP contribution in [0.1, 0.15) is 18.2 Å². The molecule has 4 rings (SSSR count). The van der Waals surface area contributed by atoms with Crippen molar-refractivity contribution >= 4 is 37.5 Å². The van der Waals surface area contributed by atoms with E-state index in [2.05, 4.69) is 22.9 Å². The van der Waals surface area contributed by atoms with Crippen molar-refractivity contribution in [3.63, 3.8) is 0 Å². The number of anilines is 1. The lowest BCUT2D eigenvalue weighted by Crippen LogP contribution is -2.17. The second-order valence-electron chi connectivity index (χ2n) is 6.60. The van der Waals surface area contributed by atoms with Crippen LogP contribution in [0.25, 0.3) is 26.1 Å². The monoisotopic (exact) mass is 364 g/mol. The summed E-state index contributed by atoms with van der Waals surface area (Å²) in [6.45, 7) is 4.11. The van der Waals surface area contributed by atoms with Crippen LogP contribution in [0.3, 0.4) is 0 Å². The highest BCUT2D eigenvalue weighted by atomic mass is 32.1. The number of pyridine rings is 1. The van der Waals surface area contributed by atoms with E-state index in [9.17, 15) is 4.79 Å². The van der Waals surface area contributed by atoms with Crippen LogP contribution in [-0.4, -0.2) is 28.6 Å². The molecule has 0 spiro atoms. The van der Waals surface area contributed by atoms with Gasteiger partial charge in [0.1, 0.15) is 21.4 Å². The van der Waals surface area contributed by atoms with Crippen LogP contribution in [0.5, 0.6) is 0 Å². The maximum atomic E-state index is 13.1. The van der Waals surface area contributed by atoms with E-state index in [4.69, 9.17) is 4.98 Å². The molecule has 0 amide bonds. The van der Waals surface area contributed by atoms with Gasteiger partial charge in [0.05, 0.1) is 16.8 Å². The van der Waals surface area contributed by atoms with Gasteiger partial charge in [0.2, 0.25) is 0 Å². The minimum absolute atomic E-state index is 0.0513. The van der Waals surface area contributed by atoms with E-state index in [0.717, 1.165) is 44.8 Å². The molecular formula is C20H20N4OS. The summed E-state index contributed by atoms with van der Waals surface area (Å²) in [5, 5.41) is 0.959. The van der Waals surface area contributed by atoms with Crippen molar-refractivity contribution < 1.29 is 0 Å². The van der Waals surface area contributed by atoms with E-state index < -0.39 is 0 Å². The lowest BCUT2D eigenvalue weighted by Gasteiger charge is -2.15. The zero-order chi connectivity index (χ0) is 18.4. The Hall–Kier alpha value is -2.73. The van der Waals surface area contributed by atoms with Gasteiger partial charge in [-0.05, 0) is 31.5 Å². The fourth-order valence-corrected chi connectivity index (χ4v) is 4.18. The number of rotatable bonds is 3. The van der Waals surface area contributed by atoms with Crippen molar-refractivity contribution in [3.05, 3.63) is 58.3 Å². The summed E-state index contributed by atoms with van der Waals surface area (Å²) in [6.07, 6.45) is 2.47. The summed E-state index contributed by atoms with van der Waals surface area (Å²) < 4.78 is 2.25. The molecule has 0 atom stereocenters. The number of hydrogen-bond donors (Lipinski definition) is 0. The quantitative estimate of drug-likeness (QED) is 0.553. The van der Waals surface area contributed by atoms with Gasteiger partial charge in [-0.1, -0.05) is 24.6 Å². The Kier molecular flexibility index (Phi) is 4.00. The van der Waals surface area contributed by atoms with Gasteiger partial charge >= 0.3 is 0 Å². The van der Waals surface area contributed by atoms with Crippen molar-refractivity contribution in [1.29, 1.82) is 0 Å². The van der Waals surface area contributed by atoms with Crippen molar-refractivity contribution in [2.75, 3.05) is 19.0 Å². The maximum Gasteiger partial charge on any atom is 0.275 e. The Morgan fingerprint density at radius 2 is 1.92 bits per heavy atom. The molecule has 0 aliphatic rings. The fourth-order valence-electron chi connectivity index (χ4n) is 3.08. The topological polar surface area (TPSA) is 51.0 Å². The largest absolute Gasteiger partial charge is 0.377 e. The molecule has 132 valence electrons. The summed E-state index contributed by atoms with van der Waals surface area (Å²) >= 11 is 1.43. The molecule has 26 heavy (non-hydrogen) atoms. The summed E-state index contributed by atoms with van der Waals surface area (Å²) in [7, 11) is 4.01. The van der Waals surface area contributed by atoms with Crippen LogP contribution in [0.15, 0.2) is 41.5 Å². The molecule has 4 aromatic rings. The van der Waals surface area contributed by atoms with Gasteiger partial charge in [0.25, 0.3) is 5.56 Å². The lowest BCUT2D eigenvalue weighted by molar-refractivity contribution is 0.966. The first-order valence-electron chi connectivity index (χ1n) is 8.57. The summed E-state index contributed by atoms with van der Waals surface area (Å²) in [5.74, 6) is 0. The Bertz CT molecular complexity index is 1170. The second kappa shape index (κ2) is 6.21. The van der Waals surface area contributed by atoms with Crippen LogP contribution < -0.4 is 10.5 Å². The summed E-state index contributed by atoms with van der Waals surface area (Å²) in [5.41, 5.74) is 4.73.